The molecule has 6 nitrogen and oxygen atoms in total. The summed E-state index contributed by atoms with van der Waals surface area (Å²) < 4.78 is 0. The molecule has 2 rings (SSSR count). The van der Waals surface area contributed by atoms with Gasteiger partial charge >= 0.3 is 0 Å². The first kappa shape index (κ1) is 14.3. The van der Waals surface area contributed by atoms with E-state index in [-0.39, 0.29) is 18.0 Å². The van der Waals surface area contributed by atoms with Crippen LogP contribution in [-0.4, -0.2) is 17.4 Å². The molecule has 1 heterocycles. The van der Waals surface area contributed by atoms with Crippen molar-refractivity contribution in [1.82, 2.24) is 0 Å². The third-order valence-corrected chi connectivity index (χ3v) is 3.39. The molecule has 0 fully saturated rings. The Morgan fingerprint density at radius 1 is 1.35 bits per heavy atom. The van der Waals surface area contributed by atoms with Gasteiger partial charge in [-0.25, -0.2) is 0 Å². The summed E-state index contributed by atoms with van der Waals surface area (Å²) in [6.07, 6.45) is 4.63. The van der Waals surface area contributed by atoms with Crippen LogP contribution in [0, 0.1) is 10.1 Å². The normalized spacial score (nSPS) is 12.9. The zero-order chi connectivity index (χ0) is 14.5. The lowest BCUT2D eigenvalue weighted by Gasteiger charge is -2.09. The van der Waals surface area contributed by atoms with Crippen molar-refractivity contribution in [2.75, 3.05) is 17.2 Å². The quantitative estimate of drug-likeness (QED) is 0.455. The molecule has 0 spiro atoms. The van der Waals surface area contributed by atoms with Crippen LogP contribution in [0.3, 0.4) is 0 Å². The standard InChI is InChI=1S/C14H19N3O3/c1-2-3-4-5-6-15-12-9-11-10(8-14(18)16-11)7-13(12)17(19)20/h7,9,15H,2-6,8H2,1H3,(H,16,18). The van der Waals surface area contributed by atoms with Crippen molar-refractivity contribution in [1.29, 1.82) is 0 Å². The van der Waals surface area contributed by atoms with Gasteiger partial charge in [0, 0.05) is 18.3 Å². The van der Waals surface area contributed by atoms with Gasteiger partial charge in [-0.15, -0.1) is 0 Å². The molecule has 0 saturated carbocycles. The number of hydrogen-bond acceptors (Lipinski definition) is 4. The molecular formula is C14H19N3O3. The van der Waals surface area contributed by atoms with Gasteiger partial charge in [0.25, 0.3) is 5.69 Å². The lowest BCUT2D eigenvalue weighted by atomic mass is 10.1. The Kier molecular flexibility index (Phi) is 4.55. The fourth-order valence-electron chi connectivity index (χ4n) is 2.33. The second-order valence-electron chi connectivity index (χ2n) is 5.00. The van der Waals surface area contributed by atoms with Gasteiger partial charge in [0.2, 0.25) is 5.91 Å². The Hall–Kier alpha value is -2.11. The molecule has 0 bridgehead atoms. The zero-order valence-electron chi connectivity index (χ0n) is 11.6. The van der Waals surface area contributed by atoms with Gasteiger partial charge in [-0.05, 0) is 18.1 Å². The van der Waals surface area contributed by atoms with Crippen molar-refractivity contribution in [2.24, 2.45) is 0 Å². The predicted molar refractivity (Wildman–Crippen MR) is 78.1 cm³/mol. The van der Waals surface area contributed by atoms with Crippen LogP contribution in [0.15, 0.2) is 12.1 Å². The number of fused-ring (bicyclic) bond motifs is 1. The number of nitro groups is 1. The number of nitrogens with one attached hydrogen (secondary N) is 2. The number of carbonyl (C=O) groups excluding carboxylic acids is 1. The van der Waals surface area contributed by atoms with Gasteiger partial charge < -0.3 is 10.6 Å². The predicted octanol–water partition coefficient (Wildman–Crippen LogP) is 3.08. The Bertz CT molecular complexity index is 529. The number of hydrogen-bond donors (Lipinski definition) is 2. The van der Waals surface area contributed by atoms with E-state index in [0.717, 1.165) is 19.3 Å². The van der Waals surface area contributed by atoms with E-state index in [1.807, 2.05) is 0 Å². The first-order valence-corrected chi connectivity index (χ1v) is 6.97. The van der Waals surface area contributed by atoms with Crippen LogP contribution in [0.5, 0.6) is 0 Å². The summed E-state index contributed by atoms with van der Waals surface area (Å²) in [4.78, 5) is 22.0. The summed E-state index contributed by atoms with van der Waals surface area (Å²) in [6, 6.07) is 3.15. The van der Waals surface area contributed by atoms with E-state index in [1.165, 1.54) is 12.5 Å². The van der Waals surface area contributed by atoms with E-state index in [0.29, 0.717) is 23.5 Å². The summed E-state index contributed by atoms with van der Waals surface area (Å²) >= 11 is 0. The van der Waals surface area contributed by atoms with Crippen molar-refractivity contribution in [3.63, 3.8) is 0 Å². The van der Waals surface area contributed by atoms with Crippen LogP contribution in [0.1, 0.15) is 38.2 Å². The molecule has 1 aliphatic heterocycles. The summed E-state index contributed by atoms with van der Waals surface area (Å²) in [5, 5.41) is 16.9. The number of nitrogens with zero attached hydrogens (tertiary/aromatic N) is 1. The molecular weight excluding hydrogens is 258 g/mol. The number of carbonyl (C=O) groups is 1. The maximum Gasteiger partial charge on any atom is 0.292 e. The van der Waals surface area contributed by atoms with Crippen molar-refractivity contribution in [3.8, 4) is 0 Å². The van der Waals surface area contributed by atoms with Crippen molar-refractivity contribution in [2.45, 2.75) is 39.0 Å². The first-order valence-electron chi connectivity index (χ1n) is 6.97. The minimum atomic E-state index is -0.405. The van der Waals surface area contributed by atoms with Crippen LogP contribution < -0.4 is 10.6 Å². The largest absolute Gasteiger partial charge is 0.379 e. The summed E-state index contributed by atoms with van der Waals surface area (Å²) in [6.45, 7) is 2.84. The van der Waals surface area contributed by atoms with Gasteiger partial charge in [-0.3, -0.25) is 14.9 Å². The van der Waals surface area contributed by atoms with Gasteiger partial charge in [-0.1, -0.05) is 26.2 Å². The fraction of sp³-hybridized carbons (Fsp3) is 0.500. The van der Waals surface area contributed by atoms with Gasteiger partial charge in [-0.2, -0.15) is 0 Å². The molecule has 1 aliphatic rings. The topological polar surface area (TPSA) is 84.3 Å². The highest BCUT2D eigenvalue weighted by molar-refractivity contribution is 6.00. The molecule has 0 aromatic heterocycles. The van der Waals surface area contributed by atoms with Crippen molar-refractivity contribution >= 4 is 23.0 Å². The Morgan fingerprint density at radius 2 is 2.15 bits per heavy atom. The van der Waals surface area contributed by atoms with E-state index in [2.05, 4.69) is 17.6 Å². The first-order chi connectivity index (χ1) is 9.61. The molecule has 0 radical (unpaired) electrons. The highest BCUT2D eigenvalue weighted by atomic mass is 16.6. The van der Waals surface area contributed by atoms with E-state index in [1.54, 1.807) is 6.07 Å². The third kappa shape index (κ3) is 3.26. The van der Waals surface area contributed by atoms with Crippen molar-refractivity contribution < 1.29 is 9.72 Å². The van der Waals surface area contributed by atoms with Gasteiger partial charge in [0.05, 0.1) is 11.3 Å². The second-order valence-corrected chi connectivity index (χ2v) is 5.00. The third-order valence-electron chi connectivity index (χ3n) is 3.39. The lowest BCUT2D eigenvalue weighted by Crippen LogP contribution is -2.05. The highest BCUT2D eigenvalue weighted by Crippen LogP contribution is 2.34. The lowest BCUT2D eigenvalue weighted by molar-refractivity contribution is -0.384. The van der Waals surface area contributed by atoms with Gasteiger partial charge in [0.1, 0.15) is 5.69 Å². The maximum atomic E-state index is 11.3. The fourth-order valence-corrected chi connectivity index (χ4v) is 2.33. The molecule has 1 amide bonds. The zero-order valence-corrected chi connectivity index (χ0v) is 11.6. The second kappa shape index (κ2) is 6.36. The Morgan fingerprint density at radius 3 is 2.85 bits per heavy atom. The van der Waals surface area contributed by atoms with Crippen LogP contribution in [0.2, 0.25) is 0 Å². The number of rotatable bonds is 7. The molecule has 0 unspecified atom stereocenters. The molecule has 0 atom stereocenters. The molecule has 6 heteroatoms. The van der Waals surface area contributed by atoms with Crippen molar-refractivity contribution in [3.05, 3.63) is 27.8 Å². The minimum absolute atomic E-state index is 0.0377. The molecule has 1 aromatic rings. The molecule has 0 saturated heterocycles. The molecule has 0 aliphatic carbocycles. The highest BCUT2D eigenvalue weighted by Gasteiger charge is 2.24. The summed E-state index contributed by atoms with van der Waals surface area (Å²) in [5.74, 6) is -0.116. The van der Waals surface area contributed by atoms with E-state index < -0.39 is 4.92 Å². The average Bonchev–Trinajstić information content (AvgIpc) is 2.76. The van der Waals surface area contributed by atoms with Crippen LogP contribution >= 0.6 is 0 Å². The van der Waals surface area contributed by atoms with E-state index in [4.69, 9.17) is 0 Å². The molecule has 108 valence electrons. The Labute approximate surface area is 117 Å². The number of benzene rings is 1. The van der Waals surface area contributed by atoms with Crippen LogP contribution in [0.25, 0.3) is 0 Å². The number of amides is 1. The van der Waals surface area contributed by atoms with E-state index >= 15 is 0 Å². The number of unbranched alkanes of at least 4 members (excludes halogenated alkanes) is 3. The smallest absolute Gasteiger partial charge is 0.292 e. The average molecular weight is 277 g/mol. The minimum Gasteiger partial charge on any atom is -0.379 e. The summed E-state index contributed by atoms with van der Waals surface area (Å²) in [5.41, 5.74) is 1.89. The van der Waals surface area contributed by atoms with Crippen LogP contribution in [0.4, 0.5) is 17.1 Å². The van der Waals surface area contributed by atoms with Crippen LogP contribution in [-0.2, 0) is 11.2 Å². The summed E-state index contributed by atoms with van der Waals surface area (Å²) in [7, 11) is 0. The molecule has 1 aromatic carbocycles. The maximum absolute atomic E-state index is 11.3. The molecule has 2 N–H and O–H groups in total. The number of anilines is 2. The van der Waals surface area contributed by atoms with E-state index in [9.17, 15) is 14.9 Å². The monoisotopic (exact) mass is 277 g/mol. The molecule has 20 heavy (non-hydrogen) atoms. The number of nitro benzene ring substituents is 1. The Balaban J connectivity index is 2.09. The SMILES string of the molecule is CCCCCCNc1cc2c(cc1[N+](=O)[O-])CC(=O)N2. The van der Waals surface area contributed by atoms with Gasteiger partial charge in [0.15, 0.2) is 0 Å².